The number of ether oxygens (including phenoxy) is 2. The lowest BCUT2D eigenvalue weighted by Crippen LogP contribution is -2.05. The van der Waals surface area contributed by atoms with Crippen molar-refractivity contribution in [3.05, 3.63) is 46.8 Å². The Kier molecular flexibility index (Phi) is 4.57. The van der Waals surface area contributed by atoms with Crippen molar-refractivity contribution in [2.45, 2.75) is 20.5 Å². The third-order valence-electron chi connectivity index (χ3n) is 2.90. The number of hydrogen-bond acceptors (Lipinski definition) is 6. The normalized spacial score (nSPS) is 9.95. The van der Waals surface area contributed by atoms with Crippen LogP contribution < -0.4 is 4.74 Å². The van der Waals surface area contributed by atoms with Gasteiger partial charge < -0.3 is 14.0 Å². The van der Waals surface area contributed by atoms with E-state index >= 15 is 0 Å². The van der Waals surface area contributed by atoms with E-state index in [0.717, 1.165) is 11.3 Å². The van der Waals surface area contributed by atoms with E-state index in [1.807, 2.05) is 13.8 Å². The molecule has 0 unspecified atom stereocenters. The third-order valence-corrected chi connectivity index (χ3v) is 2.90. The number of nitrogens with zero attached hydrogens (tertiary/aromatic N) is 2. The molecule has 0 aliphatic rings. The topological polar surface area (TPSA) is 85.3 Å². The zero-order valence-electron chi connectivity index (χ0n) is 11.8. The van der Waals surface area contributed by atoms with Crippen LogP contribution in [0.1, 0.15) is 27.4 Å². The molecule has 0 spiro atoms. The molecule has 0 radical (unpaired) electrons. The summed E-state index contributed by atoms with van der Waals surface area (Å²) in [6, 6.07) is 8.34. The summed E-state index contributed by atoms with van der Waals surface area (Å²) in [5.74, 6) is 0.679. The van der Waals surface area contributed by atoms with Crippen molar-refractivity contribution in [1.82, 2.24) is 5.16 Å². The fourth-order valence-electron chi connectivity index (χ4n) is 1.76. The number of hydrogen-bond donors (Lipinski definition) is 0. The summed E-state index contributed by atoms with van der Waals surface area (Å²) in [6.45, 7) is 3.68. The molecule has 1 aromatic carbocycles. The van der Waals surface area contributed by atoms with Crippen molar-refractivity contribution < 1.29 is 18.8 Å². The molecular formula is C15H14N2O4. The zero-order valence-corrected chi connectivity index (χ0v) is 11.8. The smallest absolute Gasteiger partial charge is 0.339 e. The van der Waals surface area contributed by atoms with Gasteiger partial charge >= 0.3 is 5.97 Å². The molecule has 0 aliphatic carbocycles. The third kappa shape index (κ3) is 3.60. The Morgan fingerprint density at radius 2 is 2.24 bits per heavy atom. The first kappa shape index (κ1) is 14.6. The first-order chi connectivity index (χ1) is 10.1. The van der Waals surface area contributed by atoms with E-state index in [1.165, 1.54) is 0 Å². The first-order valence-corrected chi connectivity index (χ1v) is 6.30. The van der Waals surface area contributed by atoms with Gasteiger partial charge in [0.2, 0.25) is 0 Å². The molecule has 2 rings (SSSR count). The molecule has 21 heavy (non-hydrogen) atoms. The van der Waals surface area contributed by atoms with Crippen LogP contribution in [0.25, 0.3) is 0 Å². The van der Waals surface area contributed by atoms with Crippen molar-refractivity contribution in [1.29, 1.82) is 5.26 Å². The van der Waals surface area contributed by atoms with Gasteiger partial charge in [0.1, 0.15) is 24.2 Å². The van der Waals surface area contributed by atoms with E-state index in [-0.39, 0.29) is 6.61 Å². The Balaban J connectivity index is 2.05. The second kappa shape index (κ2) is 6.57. The monoisotopic (exact) mass is 286 g/mol. The summed E-state index contributed by atoms with van der Waals surface area (Å²) in [5, 5.41) is 12.2. The van der Waals surface area contributed by atoms with E-state index in [9.17, 15) is 4.79 Å². The fourth-order valence-corrected chi connectivity index (χ4v) is 1.76. The summed E-state index contributed by atoms with van der Waals surface area (Å²) in [7, 11) is 0. The average Bonchev–Trinajstić information content (AvgIpc) is 2.82. The summed E-state index contributed by atoms with van der Waals surface area (Å²) >= 11 is 0. The second-order valence-electron chi connectivity index (χ2n) is 4.35. The molecule has 108 valence electrons. The number of carbonyl (C=O) groups is 1. The van der Waals surface area contributed by atoms with E-state index in [2.05, 4.69) is 5.16 Å². The van der Waals surface area contributed by atoms with Crippen LogP contribution in [0.3, 0.4) is 0 Å². The van der Waals surface area contributed by atoms with Crippen LogP contribution in [0.5, 0.6) is 5.75 Å². The minimum Gasteiger partial charge on any atom is -0.489 e. The summed E-state index contributed by atoms with van der Waals surface area (Å²) in [6.07, 6.45) is 0. The van der Waals surface area contributed by atoms with Crippen molar-refractivity contribution >= 4 is 5.97 Å². The molecule has 0 saturated carbocycles. The van der Waals surface area contributed by atoms with Gasteiger partial charge in [-0.15, -0.1) is 0 Å². The Morgan fingerprint density at radius 3 is 2.90 bits per heavy atom. The molecule has 0 atom stereocenters. The number of benzene rings is 1. The molecule has 0 aliphatic heterocycles. The Bertz CT molecular complexity index is 666. The van der Waals surface area contributed by atoms with E-state index in [1.54, 1.807) is 30.3 Å². The summed E-state index contributed by atoms with van der Waals surface area (Å²) in [5.41, 5.74) is 1.99. The SMILES string of the molecule is Cc1noc(C)c1COc1cccc(C(=O)OCC#N)c1. The van der Waals surface area contributed by atoms with Crippen LogP contribution in [0.4, 0.5) is 0 Å². The molecule has 0 amide bonds. The second-order valence-corrected chi connectivity index (χ2v) is 4.35. The Labute approximate surface area is 121 Å². The number of aromatic nitrogens is 1. The van der Waals surface area contributed by atoms with Gasteiger partial charge in [-0.1, -0.05) is 11.2 Å². The van der Waals surface area contributed by atoms with Gasteiger partial charge in [0, 0.05) is 0 Å². The highest BCUT2D eigenvalue weighted by molar-refractivity contribution is 5.89. The van der Waals surface area contributed by atoms with Crippen LogP contribution in [0, 0.1) is 25.2 Å². The lowest BCUT2D eigenvalue weighted by atomic mass is 10.2. The molecule has 0 N–H and O–H groups in total. The fraction of sp³-hybridized carbons (Fsp3) is 0.267. The van der Waals surface area contributed by atoms with E-state index in [4.69, 9.17) is 19.3 Å². The minimum absolute atomic E-state index is 0.275. The van der Waals surface area contributed by atoms with Crippen molar-refractivity contribution in [2.75, 3.05) is 6.61 Å². The van der Waals surface area contributed by atoms with Gasteiger partial charge in [0.25, 0.3) is 0 Å². The van der Waals surface area contributed by atoms with Crippen molar-refractivity contribution in [2.24, 2.45) is 0 Å². The highest BCUT2D eigenvalue weighted by Crippen LogP contribution is 2.18. The largest absolute Gasteiger partial charge is 0.489 e. The van der Waals surface area contributed by atoms with Gasteiger partial charge in [0.05, 0.1) is 16.8 Å². The molecule has 1 heterocycles. The standard InChI is InChI=1S/C15H14N2O4/c1-10-14(11(2)21-17-10)9-20-13-5-3-4-12(8-13)15(18)19-7-6-16/h3-5,8H,7,9H2,1-2H3. The predicted molar refractivity (Wildman–Crippen MR) is 72.6 cm³/mol. The lowest BCUT2D eigenvalue weighted by molar-refractivity contribution is 0.0554. The molecule has 0 bridgehead atoms. The Morgan fingerprint density at radius 1 is 1.43 bits per heavy atom. The molecular weight excluding hydrogens is 272 g/mol. The van der Waals surface area contributed by atoms with Crippen LogP contribution in [-0.2, 0) is 11.3 Å². The molecule has 0 saturated heterocycles. The highest BCUT2D eigenvalue weighted by atomic mass is 16.5. The first-order valence-electron chi connectivity index (χ1n) is 6.30. The van der Waals surface area contributed by atoms with Gasteiger partial charge in [-0.2, -0.15) is 5.26 Å². The summed E-state index contributed by atoms with van der Waals surface area (Å²) < 4.78 is 15.4. The Hall–Kier alpha value is -2.81. The van der Waals surface area contributed by atoms with Crippen molar-refractivity contribution in [3.63, 3.8) is 0 Å². The highest BCUT2D eigenvalue weighted by Gasteiger charge is 2.11. The van der Waals surface area contributed by atoms with Crippen LogP contribution in [0.2, 0.25) is 0 Å². The number of rotatable bonds is 5. The maximum Gasteiger partial charge on any atom is 0.339 e. The number of aryl methyl sites for hydroxylation is 2. The lowest BCUT2D eigenvalue weighted by Gasteiger charge is -2.07. The molecule has 0 fully saturated rings. The zero-order chi connectivity index (χ0) is 15.2. The number of carbonyl (C=O) groups excluding carboxylic acids is 1. The van der Waals surface area contributed by atoms with Crippen LogP contribution >= 0.6 is 0 Å². The predicted octanol–water partition coefficient (Wildman–Crippen LogP) is 2.55. The van der Waals surface area contributed by atoms with E-state index in [0.29, 0.717) is 23.7 Å². The van der Waals surface area contributed by atoms with Gasteiger partial charge in [-0.25, -0.2) is 4.79 Å². The van der Waals surface area contributed by atoms with Gasteiger partial charge in [-0.05, 0) is 32.0 Å². The number of esters is 1. The average molecular weight is 286 g/mol. The van der Waals surface area contributed by atoms with Crippen LogP contribution in [0.15, 0.2) is 28.8 Å². The minimum atomic E-state index is -0.556. The summed E-state index contributed by atoms with van der Waals surface area (Å²) in [4.78, 5) is 11.6. The van der Waals surface area contributed by atoms with Crippen LogP contribution in [-0.4, -0.2) is 17.7 Å². The number of nitriles is 1. The van der Waals surface area contributed by atoms with Crippen molar-refractivity contribution in [3.8, 4) is 11.8 Å². The molecule has 2 aromatic rings. The van der Waals surface area contributed by atoms with Gasteiger partial charge in [0.15, 0.2) is 6.61 Å². The molecule has 6 heteroatoms. The van der Waals surface area contributed by atoms with Gasteiger partial charge in [-0.3, -0.25) is 0 Å². The molecule has 1 aromatic heterocycles. The quantitative estimate of drug-likeness (QED) is 0.785. The maximum atomic E-state index is 11.6. The maximum absolute atomic E-state index is 11.6. The molecule has 6 nitrogen and oxygen atoms in total. The van der Waals surface area contributed by atoms with E-state index < -0.39 is 5.97 Å².